The normalized spacial score (nSPS) is 18.1. The molecule has 0 aliphatic carbocycles. The number of aromatic nitrogens is 3. The minimum absolute atomic E-state index is 0.128. The minimum Gasteiger partial charge on any atom is -0.356 e. The van der Waals surface area contributed by atoms with E-state index in [1.54, 1.807) is 0 Å². The summed E-state index contributed by atoms with van der Waals surface area (Å²) in [7, 11) is 2.14. The lowest BCUT2D eigenvalue weighted by Crippen LogP contribution is -2.38. The number of benzene rings is 2. The molecular weight excluding hydrogens is 344 g/mol. The molecule has 1 aliphatic rings. The molecule has 0 fully saturated rings. The molecule has 4 aromatic rings. The number of H-pyrrole nitrogens is 1. The molecule has 0 saturated heterocycles. The number of aryl methyl sites for hydroxylation is 1. The number of aromatic amines is 1. The first kappa shape index (κ1) is 17.3. The first-order valence-corrected chi connectivity index (χ1v) is 10.0. The van der Waals surface area contributed by atoms with Gasteiger partial charge in [0.1, 0.15) is 11.9 Å². The zero-order valence-electron chi connectivity index (χ0n) is 16.7. The zero-order chi connectivity index (χ0) is 19.3. The second-order valence-corrected chi connectivity index (χ2v) is 7.84. The van der Waals surface area contributed by atoms with Gasteiger partial charge in [0, 0.05) is 36.7 Å². The molecule has 0 spiro atoms. The Morgan fingerprint density at radius 2 is 1.96 bits per heavy atom. The summed E-state index contributed by atoms with van der Waals surface area (Å²) in [5.74, 6) is 1.11. The Morgan fingerprint density at radius 3 is 2.79 bits per heavy atom. The van der Waals surface area contributed by atoms with Crippen molar-refractivity contribution in [1.29, 1.82) is 0 Å². The van der Waals surface area contributed by atoms with E-state index >= 15 is 0 Å². The minimum atomic E-state index is 0.128. The van der Waals surface area contributed by atoms with Crippen LogP contribution in [-0.2, 0) is 13.5 Å². The van der Waals surface area contributed by atoms with E-state index in [1.165, 1.54) is 33.3 Å². The second kappa shape index (κ2) is 6.64. The molecule has 4 heteroatoms. The van der Waals surface area contributed by atoms with Crippen LogP contribution >= 0.6 is 0 Å². The molecule has 4 nitrogen and oxygen atoms in total. The molecule has 1 aliphatic heterocycles. The van der Waals surface area contributed by atoms with Gasteiger partial charge in [0.15, 0.2) is 0 Å². The lowest BCUT2D eigenvalue weighted by atomic mass is 9.96. The monoisotopic (exact) mass is 370 g/mol. The second-order valence-electron chi connectivity index (χ2n) is 7.84. The van der Waals surface area contributed by atoms with Crippen LogP contribution in [0, 0.1) is 0 Å². The van der Waals surface area contributed by atoms with Crippen molar-refractivity contribution in [2.75, 3.05) is 13.1 Å². The molecule has 0 bridgehead atoms. The zero-order valence-corrected chi connectivity index (χ0v) is 16.7. The van der Waals surface area contributed by atoms with Gasteiger partial charge in [0.25, 0.3) is 0 Å². The third-order valence-electron chi connectivity index (χ3n) is 6.15. The third-order valence-corrected chi connectivity index (χ3v) is 6.15. The van der Waals surface area contributed by atoms with Gasteiger partial charge in [-0.05, 0) is 44.0 Å². The Balaban J connectivity index is 1.73. The third kappa shape index (κ3) is 2.60. The number of nitrogens with zero attached hydrogens (tertiary/aromatic N) is 3. The molecule has 1 N–H and O–H groups in total. The maximum absolute atomic E-state index is 5.07. The van der Waals surface area contributed by atoms with Gasteiger partial charge in [-0.3, -0.25) is 4.90 Å². The van der Waals surface area contributed by atoms with Gasteiger partial charge in [-0.2, -0.15) is 0 Å². The first-order valence-electron chi connectivity index (χ1n) is 10.0. The highest BCUT2D eigenvalue weighted by Gasteiger charge is 2.34. The molecule has 0 amide bonds. The molecule has 3 heterocycles. The molecule has 5 rings (SSSR count). The van der Waals surface area contributed by atoms with Crippen LogP contribution in [0.3, 0.4) is 0 Å². The molecule has 142 valence electrons. The van der Waals surface area contributed by atoms with Crippen LogP contribution in [0.15, 0.2) is 60.2 Å². The predicted molar refractivity (Wildman–Crippen MR) is 116 cm³/mol. The van der Waals surface area contributed by atoms with E-state index in [9.17, 15) is 0 Å². The fourth-order valence-electron chi connectivity index (χ4n) is 4.57. The van der Waals surface area contributed by atoms with Gasteiger partial charge < -0.3 is 9.55 Å². The largest absolute Gasteiger partial charge is 0.356 e. The molecular formula is C24H26N4. The van der Waals surface area contributed by atoms with E-state index < -0.39 is 0 Å². The first-order chi connectivity index (χ1) is 13.7. The summed E-state index contributed by atoms with van der Waals surface area (Å²) < 4.78 is 2.26. The quantitative estimate of drug-likeness (QED) is 0.517. The van der Waals surface area contributed by atoms with E-state index in [0.717, 1.165) is 30.9 Å². The predicted octanol–water partition coefficient (Wildman–Crippen LogP) is 4.97. The average molecular weight is 371 g/mol. The summed E-state index contributed by atoms with van der Waals surface area (Å²) in [6.45, 7) is 6.33. The molecule has 2 aromatic heterocycles. The summed E-state index contributed by atoms with van der Waals surface area (Å²) in [6, 6.07) is 17.2. The fraction of sp³-hybridized carbons (Fsp3) is 0.292. The van der Waals surface area contributed by atoms with Crippen molar-refractivity contribution in [3.05, 3.63) is 77.3 Å². The fourth-order valence-corrected chi connectivity index (χ4v) is 4.57. The van der Waals surface area contributed by atoms with Crippen LogP contribution in [0.4, 0.5) is 0 Å². The van der Waals surface area contributed by atoms with E-state index in [2.05, 4.69) is 90.0 Å². The Labute approximate surface area is 165 Å². The van der Waals surface area contributed by atoms with Gasteiger partial charge in [0.05, 0.1) is 11.0 Å². The summed E-state index contributed by atoms with van der Waals surface area (Å²) >= 11 is 0. The molecule has 1 unspecified atom stereocenters. The number of para-hydroxylation sites is 3. The molecule has 0 saturated carbocycles. The number of hydrogen-bond acceptors (Lipinski definition) is 2. The molecule has 1 atom stereocenters. The Hall–Kier alpha value is -2.85. The van der Waals surface area contributed by atoms with Gasteiger partial charge >= 0.3 is 0 Å². The van der Waals surface area contributed by atoms with E-state index in [0.29, 0.717) is 0 Å². The van der Waals surface area contributed by atoms with Crippen LogP contribution in [0.2, 0.25) is 0 Å². The standard InChI is InChI=1S/C24H26N4/c1-4-16(2)15-28-14-13-18-17-9-5-6-10-19(17)25-22(18)23(28)24-26-20-11-7-8-12-21(20)27(24)3/h4-12,23,25H,13-15H2,1-3H3/b16-4+. The van der Waals surface area contributed by atoms with Crippen molar-refractivity contribution in [1.82, 2.24) is 19.4 Å². The van der Waals surface area contributed by atoms with Crippen LogP contribution in [0.1, 0.15) is 37.0 Å². The molecule has 28 heavy (non-hydrogen) atoms. The highest BCUT2D eigenvalue weighted by molar-refractivity contribution is 5.85. The van der Waals surface area contributed by atoms with Crippen LogP contribution in [0.5, 0.6) is 0 Å². The Kier molecular flexibility index (Phi) is 4.09. The molecule has 0 radical (unpaired) electrons. The van der Waals surface area contributed by atoms with Crippen molar-refractivity contribution in [2.45, 2.75) is 26.3 Å². The van der Waals surface area contributed by atoms with Gasteiger partial charge in [-0.15, -0.1) is 0 Å². The topological polar surface area (TPSA) is 36.9 Å². The smallest absolute Gasteiger partial charge is 0.133 e. The average Bonchev–Trinajstić information content (AvgIpc) is 3.26. The van der Waals surface area contributed by atoms with Gasteiger partial charge in [-0.25, -0.2) is 4.98 Å². The maximum atomic E-state index is 5.07. The highest BCUT2D eigenvalue weighted by Crippen LogP contribution is 2.39. The summed E-state index contributed by atoms with van der Waals surface area (Å²) in [5.41, 5.74) is 7.61. The van der Waals surface area contributed by atoms with Crippen molar-refractivity contribution in [2.24, 2.45) is 7.05 Å². The summed E-state index contributed by atoms with van der Waals surface area (Å²) in [6.07, 6.45) is 3.28. The van der Waals surface area contributed by atoms with Gasteiger partial charge in [-0.1, -0.05) is 42.0 Å². The maximum Gasteiger partial charge on any atom is 0.133 e. The van der Waals surface area contributed by atoms with Crippen molar-refractivity contribution in [3.8, 4) is 0 Å². The van der Waals surface area contributed by atoms with E-state index in [-0.39, 0.29) is 6.04 Å². The number of allylic oxidation sites excluding steroid dienone is 1. The van der Waals surface area contributed by atoms with Crippen LogP contribution in [-0.4, -0.2) is 32.5 Å². The van der Waals surface area contributed by atoms with Gasteiger partial charge in [0.2, 0.25) is 0 Å². The van der Waals surface area contributed by atoms with Crippen LogP contribution in [0.25, 0.3) is 21.9 Å². The Bertz CT molecular complexity index is 1190. The lowest BCUT2D eigenvalue weighted by molar-refractivity contribution is 0.219. The van der Waals surface area contributed by atoms with Crippen molar-refractivity contribution < 1.29 is 0 Å². The number of rotatable bonds is 3. The SMILES string of the molecule is C/C=C(\C)CN1CCc2c([nH]c3ccccc23)C1c1nc2ccccc2n1C. The van der Waals surface area contributed by atoms with E-state index in [4.69, 9.17) is 4.98 Å². The number of fused-ring (bicyclic) bond motifs is 4. The van der Waals surface area contributed by atoms with Crippen LogP contribution < -0.4 is 0 Å². The number of imidazole rings is 1. The summed E-state index contributed by atoms with van der Waals surface area (Å²) in [5, 5.41) is 1.35. The number of nitrogens with one attached hydrogen (secondary N) is 1. The lowest BCUT2D eigenvalue weighted by Gasteiger charge is -2.35. The van der Waals surface area contributed by atoms with Crippen molar-refractivity contribution >= 4 is 21.9 Å². The summed E-state index contributed by atoms with van der Waals surface area (Å²) in [4.78, 5) is 11.4. The van der Waals surface area contributed by atoms with E-state index in [1.807, 2.05) is 0 Å². The highest BCUT2D eigenvalue weighted by atomic mass is 15.2. The van der Waals surface area contributed by atoms with Crippen molar-refractivity contribution in [3.63, 3.8) is 0 Å². The number of hydrogen-bond donors (Lipinski definition) is 1. The molecule has 2 aromatic carbocycles. The Morgan fingerprint density at radius 1 is 1.18 bits per heavy atom.